The third kappa shape index (κ3) is 1.49. The molecule has 0 aromatic heterocycles. The fourth-order valence-corrected chi connectivity index (χ4v) is 2.01. The molecule has 1 N–H and O–H groups in total. The maximum atomic E-state index is 9.52. The van der Waals surface area contributed by atoms with E-state index in [1.807, 2.05) is 36.4 Å². The predicted molar refractivity (Wildman–Crippen MR) is 54.1 cm³/mol. The second-order valence-electron chi connectivity index (χ2n) is 3.81. The number of rotatable bonds is 1. The highest BCUT2D eigenvalue weighted by Crippen LogP contribution is 2.37. The van der Waals surface area contributed by atoms with Crippen molar-refractivity contribution in [1.29, 1.82) is 0 Å². The lowest BCUT2D eigenvalue weighted by atomic mass is 10.0. The molecule has 2 aliphatic rings. The van der Waals surface area contributed by atoms with Gasteiger partial charge in [-0.15, -0.1) is 0 Å². The molecule has 2 heterocycles. The van der Waals surface area contributed by atoms with Crippen molar-refractivity contribution in [3.63, 3.8) is 0 Å². The maximum absolute atomic E-state index is 9.52. The summed E-state index contributed by atoms with van der Waals surface area (Å²) < 4.78 is 11.2. The molecule has 2 bridgehead atoms. The molecule has 0 unspecified atom stereocenters. The largest absolute Gasteiger partial charge is 0.384 e. The molecule has 0 saturated carbocycles. The van der Waals surface area contributed by atoms with Crippen LogP contribution in [0.4, 0.5) is 0 Å². The molecule has 0 radical (unpaired) electrons. The minimum absolute atomic E-state index is 0.0687. The summed E-state index contributed by atoms with van der Waals surface area (Å²) in [6.07, 6.45) is 2.29. The molecular weight excluding hydrogens is 192 g/mol. The number of ether oxygens (including phenoxy) is 2. The van der Waals surface area contributed by atoms with E-state index in [0.29, 0.717) is 0 Å². The summed E-state index contributed by atoms with van der Waals surface area (Å²) in [6.45, 7) is 0. The van der Waals surface area contributed by atoms with Crippen molar-refractivity contribution in [3.8, 4) is 0 Å². The Hall–Kier alpha value is -1.16. The van der Waals surface area contributed by atoms with Gasteiger partial charge in [0.25, 0.3) is 0 Å². The Morgan fingerprint density at radius 3 is 2.53 bits per heavy atom. The summed E-state index contributed by atoms with van der Waals surface area (Å²) in [4.78, 5) is 0. The van der Waals surface area contributed by atoms with Gasteiger partial charge in [0.2, 0.25) is 0 Å². The van der Waals surface area contributed by atoms with E-state index >= 15 is 0 Å². The van der Waals surface area contributed by atoms with Gasteiger partial charge in [0.15, 0.2) is 6.29 Å². The first-order valence-corrected chi connectivity index (χ1v) is 5.07. The first kappa shape index (κ1) is 9.09. The summed E-state index contributed by atoms with van der Waals surface area (Å²) in [7, 11) is 0. The molecule has 3 nitrogen and oxygen atoms in total. The van der Waals surface area contributed by atoms with Crippen LogP contribution in [0, 0.1) is 0 Å². The minimum Gasteiger partial charge on any atom is -0.384 e. The van der Waals surface area contributed by atoms with Crippen molar-refractivity contribution in [1.82, 2.24) is 0 Å². The van der Waals surface area contributed by atoms with Gasteiger partial charge >= 0.3 is 0 Å². The van der Waals surface area contributed by atoms with Gasteiger partial charge < -0.3 is 14.6 Å². The molecular formula is C12H12O3. The summed E-state index contributed by atoms with van der Waals surface area (Å²) >= 11 is 0. The van der Waals surface area contributed by atoms with Gasteiger partial charge in [0, 0.05) is 0 Å². The molecule has 0 aliphatic carbocycles. The van der Waals surface area contributed by atoms with Crippen LogP contribution >= 0.6 is 0 Å². The van der Waals surface area contributed by atoms with Gasteiger partial charge in [-0.3, -0.25) is 0 Å². The Bertz CT molecular complexity index is 374. The number of aliphatic hydroxyl groups excluding tert-OH is 1. The first-order valence-electron chi connectivity index (χ1n) is 5.07. The normalized spacial score (nSPS) is 38.2. The number of hydrogen-bond donors (Lipinski definition) is 1. The van der Waals surface area contributed by atoms with Crippen molar-refractivity contribution in [3.05, 3.63) is 48.0 Å². The molecule has 1 aromatic carbocycles. The second-order valence-corrected chi connectivity index (χ2v) is 3.81. The number of hydrogen-bond acceptors (Lipinski definition) is 3. The zero-order valence-electron chi connectivity index (χ0n) is 8.11. The molecule has 3 rings (SSSR count). The Labute approximate surface area is 87.9 Å². The Morgan fingerprint density at radius 1 is 1.00 bits per heavy atom. The van der Waals surface area contributed by atoms with Crippen LogP contribution in [0.5, 0.6) is 0 Å². The fraction of sp³-hybridized carbons (Fsp3) is 0.333. The standard InChI is InChI=1S/C12H12O3/c13-9-6-7-10-11(15-12(9)14-10)8-4-2-1-3-5-8/h1-7,9-13H/t9-,10+,11+,12+/m1/s1. The van der Waals surface area contributed by atoms with Gasteiger partial charge in [-0.2, -0.15) is 0 Å². The monoisotopic (exact) mass is 204 g/mol. The quantitative estimate of drug-likeness (QED) is 0.703. The molecule has 1 fully saturated rings. The first-order chi connectivity index (χ1) is 7.34. The van der Waals surface area contributed by atoms with Crippen LogP contribution in [0.3, 0.4) is 0 Å². The van der Waals surface area contributed by atoms with E-state index < -0.39 is 12.4 Å². The van der Waals surface area contributed by atoms with E-state index in [1.165, 1.54) is 0 Å². The van der Waals surface area contributed by atoms with E-state index in [2.05, 4.69) is 0 Å². The van der Waals surface area contributed by atoms with Gasteiger partial charge in [0.05, 0.1) is 0 Å². The average molecular weight is 204 g/mol. The second kappa shape index (κ2) is 3.45. The molecule has 4 atom stereocenters. The van der Waals surface area contributed by atoms with Crippen LogP contribution in [-0.2, 0) is 9.47 Å². The lowest BCUT2D eigenvalue weighted by Gasteiger charge is -2.17. The summed E-state index contributed by atoms with van der Waals surface area (Å²) in [5.74, 6) is 0. The molecule has 0 spiro atoms. The summed E-state index contributed by atoms with van der Waals surface area (Å²) in [5, 5.41) is 9.52. The van der Waals surface area contributed by atoms with Crippen molar-refractivity contribution < 1.29 is 14.6 Å². The van der Waals surface area contributed by atoms with Crippen LogP contribution in [0.15, 0.2) is 42.5 Å². The van der Waals surface area contributed by atoms with Gasteiger partial charge in [0.1, 0.15) is 18.3 Å². The van der Waals surface area contributed by atoms with E-state index in [1.54, 1.807) is 6.08 Å². The lowest BCUT2D eigenvalue weighted by Crippen LogP contribution is -2.28. The highest BCUT2D eigenvalue weighted by atomic mass is 16.7. The molecule has 0 amide bonds. The van der Waals surface area contributed by atoms with Crippen LogP contribution < -0.4 is 0 Å². The smallest absolute Gasteiger partial charge is 0.188 e. The molecule has 78 valence electrons. The number of benzene rings is 1. The minimum atomic E-state index is -0.644. The van der Waals surface area contributed by atoms with Gasteiger partial charge in [-0.25, -0.2) is 0 Å². The fourth-order valence-electron chi connectivity index (χ4n) is 2.01. The highest BCUT2D eigenvalue weighted by molar-refractivity contribution is 5.23. The van der Waals surface area contributed by atoms with Crippen molar-refractivity contribution in [2.24, 2.45) is 0 Å². The third-order valence-electron chi connectivity index (χ3n) is 2.78. The van der Waals surface area contributed by atoms with Crippen molar-refractivity contribution >= 4 is 0 Å². The Morgan fingerprint density at radius 2 is 1.80 bits per heavy atom. The van der Waals surface area contributed by atoms with E-state index in [4.69, 9.17) is 9.47 Å². The average Bonchev–Trinajstić information content (AvgIpc) is 2.65. The van der Waals surface area contributed by atoms with Crippen molar-refractivity contribution in [2.45, 2.75) is 24.6 Å². The maximum Gasteiger partial charge on any atom is 0.188 e. The van der Waals surface area contributed by atoms with Crippen LogP contribution in [0.2, 0.25) is 0 Å². The zero-order chi connectivity index (χ0) is 10.3. The number of aliphatic hydroxyl groups is 1. The van der Waals surface area contributed by atoms with Crippen LogP contribution in [0.25, 0.3) is 0 Å². The summed E-state index contributed by atoms with van der Waals surface area (Å²) in [6, 6.07) is 9.93. The molecule has 2 aliphatic heterocycles. The Balaban J connectivity index is 1.89. The van der Waals surface area contributed by atoms with Crippen LogP contribution in [-0.4, -0.2) is 23.6 Å². The molecule has 1 saturated heterocycles. The number of fused-ring (bicyclic) bond motifs is 2. The Kier molecular flexibility index (Phi) is 2.09. The van der Waals surface area contributed by atoms with Crippen LogP contribution in [0.1, 0.15) is 11.7 Å². The topological polar surface area (TPSA) is 38.7 Å². The SMILES string of the molecule is O[C@@H]1C=C[C@@H]2O[C@H]1O[C@H]2c1ccccc1. The van der Waals surface area contributed by atoms with Gasteiger partial charge in [-0.05, 0) is 5.56 Å². The van der Waals surface area contributed by atoms with E-state index in [0.717, 1.165) is 5.56 Å². The van der Waals surface area contributed by atoms with E-state index in [-0.39, 0.29) is 12.2 Å². The zero-order valence-corrected chi connectivity index (χ0v) is 8.11. The highest BCUT2D eigenvalue weighted by Gasteiger charge is 2.41. The summed E-state index contributed by atoms with van der Waals surface area (Å²) in [5.41, 5.74) is 1.09. The molecule has 15 heavy (non-hydrogen) atoms. The van der Waals surface area contributed by atoms with Crippen molar-refractivity contribution in [2.75, 3.05) is 0 Å². The lowest BCUT2D eigenvalue weighted by molar-refractivity contribution is -0.123. The predicted octanol–water partition coefficient (Wildman–Crippen LogP) is 1.40. The van der Waals surface area contributed by atoms with E-state index in [9.17, 15) is 5.11 Å². The third-order valence-corrected chi connectivity index (χ3v) is 2.78. The van der Waals surface area contributed by atoms with Gasteiger partial charge in [-0.1, -0.05) is 42.5 Å². The molecule has 1 aromatic rings. The molecule has 3 heteroatoms.